The van der Waals surface area contributed by atoms with Crippen molar-refractivity contribution in [2.45, 2.75) is 5.92 Å². The second kappa shape index (κ2) is 9.05. The van der Waals surface area contributed by atoms with Crippen molar-refractivity contribution in [3.05, 3.63) is 115 Å². The summed E-state index contributed by atoms with van der Waals surface area (Å²) in [4.78, 5) is 44.3. The molecule has 0 spiro atoms. The van der Waals surface area contributed by atoms with Gasteiger partial charge in [0.2, 0.25) is 10.9 Å². The van der Waals surface area contributed by atoms with Crippen molar-refractivity contribution in [3.8, 4) is 11.9 Å². The highest BCUT2D eigenvalue weighted by atomic mass is 16.7. The van der Waals surface area contributed by atoms with Crippen LogP contribution in [0.3, 0.4) is 0 Å². The largest absolute Gasteiger partial charge is 0.480 e. The number of carbonyl (C=O) groups is 1. The van der Waals surface area contributed by atoms with Crippen molar-refractivity contribution >= 4 is 27.9 Å². The maximum atomic E-state index is 13.7. The summed E-state index contributed by atoms with van der Waals surface area (Å²) >= 11 is 0. The van der Waals surface area contributed by atoms with Gasteiger partial charge in [0.15, 0.2) is 0 Å². The summed E-state index contributed by atoms with van der Waals surface area (Å²) in [6.45, 7) is 0. The lowest BCUT2D eigenvalue weighted by Gasteiger charge is -2.20. The molecule has 2 aromatic heterocycles. The molecule has 0 saturated heterocycles. The summed E-state index contributed by atoms with van der Waals surface area (Å²) in [6.07, 6.45) is 0. The van der Waals surface area contributed by atoms with Crippen molar-refractivity contribution in [3.63, 3.8) is 0 Å². The van der Waals surface area contributed by atoms with Crippen LogP contribution in [0.4, 0.5) is 0 Å². The van der Waals surface area contributed by atoms with E-state index in [-0.39, 0.29) is 44.6 Å². The molecule has 1 atom stereocenters. The molecule has 36 heavy (non-hydrogen) atoms. The first-order chi connectivity index (χ1) is 17.4. The van der Waals surface area contributed by atoms with Gasteiger partial charge in [0.05, 0.1) is 40.5 Å². The van der Waals surface area contributed by atoms with Gasteiger partial charge in [-0.15, -0.1) is 0 Å². The topological polar surface area (TPSA) is 142 Å². The van der Waals surface area contributed by atoms with Gasteiger partial charge in [0.25, 0.3) is 5.95 Å². The Balaban J connectivity index is 1.88. The van der Waals surface area contributed by atoms with E-state index in [1.165, 1.54) is 31.4 Å². The zero-order valence-corrected chi connectivity index (χ0v) is 18.9. The van der Waals surface area contributed by atoms with Crippen LogP contribution in [0.1, 0.15) is 33.0 Å². The van der Waals surface area contributed by atoms with E-state index >= 15 is 0 Å². The summed E-state index contributed by atoms with van der Waals surface area (Å²) in [5.74, 6) is 2.68. The fourth-order valence-electron chi connectivity index (χ4n) is 4.28. The minimum atomic E-state index is -1.23. The lowest BCUT2D eigenvalue weighted by Crippen LogP contribution is -2.24. The molecule has 0 bridgehead atoms. The Hall–Kier alpha value is -4.89. The lowest BCUT2D eigenvalue weighted by atomic mass is 9.84. The average Bonchev–Trinajstić information content (AvgIpc) is 2.91. The molecule has 0 amide bonds. The van der Waals surface area contributed by atoms with Crippen LogP contribution in [-0.2, 0) is 4.74 Å². The molecule has 1 unspecified atom stereocenters. The summed E-state index contributed by atoms with van der Waals surface area (Å²) in [5.41, 5.74) is -0.429. The van der Waals surface area contributed by atoms with E-state index in [1.54, 1.807) is 48.5 Å². The smallest absolute Gasteiger partial charge is 0.337 e. The molecule has 5 rings (SSSR count). The molecule has 3 aromatic carbocycles. The number of benzene rings is 3. The molecule has 0 fully saturated rings. The number of fused-ring (bicyclic) bond motifs is 2. The summed E-state index contributed by atoms with van der Waals surface area (Å²) in [7, 11) is 1.25. The van der Waals surface area contributed by atoms with Crippen molar-refractivity contribution < 1.29 is 28.3 Å². The van der Waals surface area contributed by atoms with Gasteiger partial charge in [-0.25, -0.2) is 4.79 Å². The third kappa shape index (κ3) is 3.68. The Morgan fingerprint density at radius 3 is 1.97 bits per heavy atom. The van der Waals surface area contributed by atoms with Crippen LogP contribution in [-0.4, -0.2) is 18.2 Å². The molecule has 9 nitrogen and oxygen atoms in total. The van der Waals surface area contributed by atoms with Crippen molar-refractivity contribution in [2.24, 2.45) is 5.90 Å². The Labute approximate surface area is 202 Å². The SMILES string of the molecule is COC(=O)c1ccc(C(c2c(O)oc3ccccc3c2=O)c2c(ON)oc3ccccc3c2=O)cc1. The number of hydrogen-bond donors (Lipinski definition) is 2. The Kier molecular flexibility index (Phi) is 5.75. The summed E-state index contributed by atoms with van der Waals surface area (Å²) < 4.78 is 16.1. The quantitative estimate of drug-likeness (QED) is 0.280. The van der Waals surface area contributed by atoms with Crippen LogP contribution in [0.5, 0.6) is 11.9 Å². The molecule has 2 heterocycles. The maximum absolute atomic E-state index is 13.7. The Morgan fingerprint density at radius 1 is 0.833 bits per heavy atom. The zero-order valence-electron chi connectivity index (χ0n) is 18.9. The van der Waals surface area contributed by atoms with E-state index in [1.807, 2.05) is 0 Å². The maximum Gasteiger partial charge on any atom is 0.337 e. The van der Waals surface area contributed by atoms with Gasteiger partial charge < -0.3 is 23.5 Å². The minimum Gasteiger partial charge on any atom is -0.480 e. The van der Waals surface area contributed by atoms with E-state index in [9.17, 15) is 19.5 Å². The van der Waals surface area contributed by atoms with Crippen LogP contribution < -0.4 is 21.6 Å². The van der Waals surface area contributed by atoms with Crippen LogP contribution in [0.25, 0.3) is 21.9 Å². The Morgan fingerprint density at radius 2 is 1.39 bits per heavy atom. The number of hydrogen-bond acceptors (Lipinski definition) is 9. The molecule has 9 heteroatoms. The number of para-hydroxylation sites is 2. The first-order valence-corrected chi connectivity index (χ1v) is 10.8. The number of methoxy groups -OCH3 is 1. The number of carbonyl (C=O) groups excluding carboxylic acids is 1. The summed E-state index contributed by atoms with van der Waals surface area (Å²) in [5, 5.41) is 11.3. The molecule has 0 aliphatic rings. The second-order valence-electron chi connectivity index (χ2n) is 7.94. The number of esters is 1. The van der Waals surface area contributed by atoms with E-state index in [0.717, 1.165) is 0 Å². The number of nitrogens with two attached hydrogens (primary N) is 1. The summed E-state index contributed by atoms with van der Waals surface area (Å²) in [6, 6.07) is 18.9. The van der Waals surface area contributed by atoms with Gasteiger partial charge in [-0.05, 0) is 42.0 Å². The lowest BCUT2D eigenvalue weighted by molar-refractivity contribution is 0.0600. The third-order valence-corrected chi connectivity index (χ3v) is 5.96. The molecule has 0 radical (unpaired) electrons. The molecule has 180 valence electrons. The van der Waals surface area contributed by atoms with E-state index < -0.39 is 28.7 Å². The molecule has 3 N–H and O–H groups in total. The molecular weight excluding hydrogens is 466 g/mol. The number of ether oxygens (including phenoxy) is 1. The van der Waals surface area contributed by atoms with Gasteiger partial charge in [0, 0.05) is 0 Å². The highest BCUT2D eigenvalue weighted by Gasteiger charge is 2.33. The van der Waals surface area contributed by atoms with Crippen molar-refractivity contribution in [1.29, 1.82) is 0 Å². The standard InChI is InChI=1S/C27H19NO8/c1-33-25(31)15-12-10-14(11-13-15)20(21-23(29)16-6-2-4-8-18(16)34-26(21)32)22-24(30)17-7-3-5-9-19(17)35-27(22)36-28/h2-13,20,32H,28H2,1H3. The first-order valence-electron chi connectivity index (χ1n) is 10.8. The minimum absolute atomic E-state index is 0.125. The van der Waals surface area contributed by atoms with E-state index in [0.29, 0.717) is 5.56 Å². The highest BCUT2D eigenvalue weighted by molar-refractivity contribution is 5.89. The van der Waals surface area contributed by atoms with Crippen molar-refractivity contribution in [2.75, 3.05) is 7.11 Å². The number of rotatable bonds is 5. The van der Waals surface area contributed by atoms with E-state index in [4.69, 9.17) is 24.3 Å². The molecule has 0 aliphatic heterocycles. The van der Waals surface area contributed by atoms with Crippen LogP contribution >= 0.6 is 0 Å². The van der Waals surface area contributed by atoms with Gasteiger partial charge in [-0.2, -0.15) is 5.90 Å². The predicted octanol–water partition coefficient (Wildman–Crippen LogP) is 3.82. The number of aromatic hydroxyl groups is 1. The van der Waals surface area contributed by atoms with Crippen LogP contribution in [0.15, 0.2) is 91.2 Å². The monoisotopic (exact) mass is 485 g/mol. The fourth-order valence-corrected chi connectivity index (χ4v) is 4.28. The molecule has 0 saturated carbocycles. The zero-order chi connectivity index (χ0) is 25.4. The van der Waals surface area contributed by atoms with Crippen LogP contribution in [0.2, 0.25) is 0 Å². The van der Waals surface area contributed by atoms with Gasteiger partial charge >= 0.3 is 11.9 Å². The fraction of sp³-hybridized carbons (Fsp3) is 0.0741. The highest BCUT2D eigenvalue weighted by Crippen LogP contribution is 2.39. The Bertz CT molecular complexity index is 1730. The molecule has 5 aromatic rings. The average molecular weight is 485 g/mol. The molecule has 0 aliphatic carbocycles. The van der Waals surface area contributed by atoms with Gasteiger partial charge in [-0.1, -0.05) is 36.4 Å². The van der Waals surface area contributed by atoms with Crippen LogP contribution in [0, 0.1) is 0 Å². The first kappa shape index (κ1) is 22.9. The van der Waals surface area contributed by atoms with Gasteiger partial charge in [0.1, 0.15) is 11.2 Å². The van der Waals surface area contributed by atoms with Gasteiger partial charge in [-0.3, -0.25) is 9.59 Å². The van der Waals surface area contributed by atoms with E-state index in [2.05, 4.69) is 0 Å². The molecular formula is C27H19NO8. The third-order valence-electron chi connectivity index (χ3n) is 5.96. The predicted molar refractivity (Wildman–Crippen MR) is 130 cm³/mol. The van der Waals surface area contributed by atoms with Crippen molar-refractivity contribution in [1.82, 2.24) is 0 Å². The normalized spacial score (nSPS) is 11.9. The second-order valence-corrected chi connectivity index (χ2v) is 7.94.